The summed E-state index contributed by atoms with van der Waals surface area (Å²) in [5.41, 5.74) is 9.51. The summed E-state index contributed by atoms with van der Waals surface area (Å²) < 4.78 is 25.9. The van der Waals surface area contributed by atoms with Crippen molar-refractivity contribution in [1.82, 2.24) is 34.5 Å². The second-order valence-corrected chi connectivity index (χ2v) is 12.8. The number of nitrogens with one attached hydrogen (secondary N) is 1. The van der Waals surface area contributed by atoms with Crippen LogP contribution < -0.4 is 16.6 Å². The molecule has 4 aromatic rings. The van der Waals surface area contributed by atoms with Gasteiger partial charge in [0.2, 0.25) is 5.95 Å². The van der Waals surface area contributed by atoms with E-state index in [4.69, 9.17) is 10.7 Å². The Morgan fingerprint density at radius 1 is 1.07 bits per heavy atom. The molecule has 0 unspecified atom stereocenters. The Hall–Kier alpha value is -4.00. The Morgan fingerprint density at radius 2 is 1.85 bits per heavy atom. The molecule has 13 heteroatoms. The van der Waals surface area contributed by atoms with Gasteiger partial charge in [0.15, 0.2) is 27.1 Å². The molecular weight excluding hydrogens is 530 g/mol. The third-order valence-corrected chi connectivity index (χ3v) is 9.36. The van der Waals surface area contributed by atoms with E-state index in [1.165, 1.54) is 12.3 Å². The van der Waals surface area contributed by atoms with Crippen molar-refractivity contribution >= 4 is 32.8 Å². The fourth-order valence-corrected chi connectivity index (χ4v) is 5.81. The highest BCUT2D eigenvalue weighted by atomic mass is 32.2. The number of hydrogen-bond acceptors (Lipinski definition) is 11. The number of pyridine rings is 1. The number of aromatic nitrogens is 7. The van der Waals surface area contributed by atoms with Crippen LogP contribution in [0.1, 0.15) is 68.6 Å². The maximum Gasteiger partial charge on any atom is 0.295 e. The molecule has 0 aliphatic heterocycles. The molecule has 0 amide bonds. The van der Waals surface area contributed by atoms with Crippen LogP contribution in [0.25, 0.3) is 22.6 Å². The Bertz CT molecular complexity index is 1780. The minimum atomic E-state index is -3.34. The Kier molecular flexibility index (Phi) is 6.48. The summed E-state index contributed by atoms with van der Waals surface area (Å²) in [6.45, 7) is 5.69. The van der Waals surface area contributed by atoms with Crippen molar-refractivity contribution in [3.05, 3.63) is 52.0 Å². The molecule has 0 saturated heterocycles. The molecule has 1 atom stereocenters. The van der Waals surface area contributed by atoms with E-state index in [0.717, 1.165) is 36.9 Å². The first-order valence-electron chi connectivity index (χ1n) is 13.5. The normalized spacial score (nSPS) is 16.3. The summed E-state index contributed by atoms with van der Waals surface area (Å²) in [6, 6.07) is 3.08. The molecular formula is C27H31N9O3S. The predicted molar refractivity (Wildman–Crippen MR) is 150 cm³/mol. The van der Waals surface area contributed by atoms with Crippen LogP contribution in [0.3, 0.4) is 0 Å². The molecule has 2 saturated carbocycles. The minimum absolute atomic E-state index is 0.00259. The third-order valence-electron chi connectivity index (χ3n) is 7.64. The lowest BCUT2D eigenvalue weighted by molar-refractivity contribution is 0.482. The van der Waals surface area contributed by atoms with Gasteiger partial charge < -0.3 is 11.1 Å². The van der Waals surface area contributed by atoms with Crippen LogP contribution in [-0.4, -0.2) is 48.6 Å². The molecule has 0 radical (unpaired) electrons. The molecule has 2 aliphatic rings. The van der Waals surface area contributed by atoms with E-state index < -0.39 is 9.84 Å². The van der Waals surface area contributed by atoms with E-state index in [1.807, 2.05) is 13.8 Å². The summed E-state index contributed by atoms with van der Waals surface area (Å²) in [5.74, 6) is 1.54. The zero-order chi connectivity index (χ0) is 28.2. The summed E-state index contributed by atoms with van der Waals surface area (Å²) >= 11 is 0. The van der Waals surface area contributed by atoms with E-state index in [9.17, 15) is 13.2 Å². The zero-order valence-corrected chi connectivity index (χ0v) is 23.4. The van der Waals surface area contributed by atoms with Crippen LogP contribution in [-0.2, 0) is 16.4 Å². The highest BCUT2D eigenvalue weighted by molar-refractivity contribution is 7.91. The monoisotopic (exact) mass is 561 g/mol. The van der Waals surface area contributed by atoms with Gasteiger partial charge in [0.25, 0.3) is 5.56 Å². The summed E-state index contributed by atoms with van der Waals surface area (Å²) in [7, 11) is -3.34. The van der Waals surface area contributed by atoms with Crippen molar-refractivity contribution in [2.24, 2.45) is 5.92 Å². The van der Waals surface area contributed by atoms with Gasteiger partial charge in [-0.05, 0) is 57.6 Å². The van der Waals surface area contributed by atoms with Crippen molar-refractivity contribution in [3.63, 3.8) is 0 Å². The van der Waals surface area contributed by atoms with E-state index in [1.54, 1.807) is 23.8 Å². The summed E-state index contributed by atoms with van der Waals surface area (Å²) in [4.78, 5) is 41.2. The fraction of sp³-hybridized carbons (Fsp3) is 0.444. The van der Waals surface area contributed by atoms with Gasteiger partial charge in [-0.3, -0.25) is 14.3 Å². The largest absolute Gasteiger partial charge is 0.368 e. The molecule has 4 aromatic heterocycles. The predicted octanol–water partition coefficient (Wildman–Crippen LogP) is 3.18. The Labute approximate surface area is 231 Å². The highest BCUT2D eigenvalue weighted by Crippen LogP contribution is 2.44. The summed E-state index contributed by atoms with van der Waals surface area (Å²) in [6.07, 6.45) is 7.13. The van der Waals surface area contributed by atoms with Gasteiger partial charge in [-0.1, -0.05) is 6.92 Å². The standard InChI is InChI=1S/C27H31N9O3S/c1-4-40(38,39)19-10-9-18(29-12-19)11-30-24-26(37)36(15(3)16-5-6-16)25-20(33-24)13-31-23(35-25)21-14(2)32-27(28)34-22(21)17-7-8-17/h9-10,12-13,15-17H,4-8,11H2,1-3H3,(H,30,33)(H2,28,32,34)/t15-/m0/s1. The van der Waals surface area contributed by atoms with E-state index >= 15 is 0 Å². The van der Waals surface area contributed by atoms with Gasteiger partial charge in [0.05, 0.1) is 46.0 Å². The number of nitrogens with zero attached hydrogens (tertiary/aromatic N) is 7. The number of rotatable bonds is 9. The number of hydrogen-bond donors (Lipinski definition) is 2. The van der Waals surface area contributed by atoms with Crippen molar-refractivity contribution in [1.29, 1.82) is 0 Å². The molecule has 208 valence electrons. The quantitative estimate of drug-likeness (QED) is 0.307. The van der Waals surface area contributed by atoms with Gasteiger partial charge in [-0.2, -0.15) is 0 Å². The van der Waals surface area contributed by atoms with Gasteiger partial charge in [-0.15, -0.1) is 0 Å². The molecule has 3 N–H and O–H groups in total. The lowest BCUT2D eigenvalue weighted by Crippen LogP contribution is -2.29. The van der Waals surface area contributed by atoms with Gasteiger partial charge >= 0.3 is 0 Å². The fourth-order valence-electron chi connectivity index (χ4n) is 4.99. The van der Waals surface area contributed by atoms with Gasteiger partial charge in [-0.25, -0.2) is 33.3 Å². The number of anilines is 2. The molecule has 2 aliphatic carbocycles. The van der Waals surface area contributed by atoms with Crippen molar-refractivity contribution in [3.8, 4) is 11.4 Å². The van der Waals surface area contributed by atoms with Crippen LogP contribution in [0.2, 0.25) is 0 Å². The average molecular weight is 562 g/mol. The number of sulfone groups is 1. The second-order valence-electron chi connectivity index (χ2n) is 10.6. The van der Waals surface area contributed by atoms with Crippen molar-refractivity contribution < 1.29 is 8.42 Å². The molecule has 0 spiro atoms. The Morgan fingerprint density at radius 3 is 2.50 bits per heavy atom. The molecule has 40 heavy (non-hydrogen) atoms. The lowest BCUT2D eigenvalue weighted by Gasteiger charge is -2.19. The minimum Gasteiger partial charge on any atom is -0.368 e. The maximum absolute atomic E-state index is 13.8. The number of nitrogen functional groups attached to an aromatic ring is 1. The average Bonchev–Trinajstić information content (AvgIpc) is 3.85. The topological polar surface area (TPSA) is 172 Å². The van der Waals surface area contributed by atoms with Gasteiger partial charge in [0, 0.05) is 18.2 Å². The number of aryl methyl sites for hydroxylation is 1. The Balaban J connectivity index is 1.39. The zero-order valence-electron chi connectivity index (χ0n) is 22.6. The van der Waals surface area contributed by atoms with E-state index in [-0.39, 0.29) is 40.6 Å². The van der Waals surface area contributed by atoms with Crippen LogP contribution >= 0.6 is 0 Å². The van der Waals surface area contributed by atoms with Crippen molar-refractivity contribution in [2.75, 3.05) is 16.8 Å². The highest BCUT2D eigenvalue weighted by Gasteiger charge is 2.33. The lowest BCUT2D eigenvalue weighted by atomic mass is 10.1. The van der Waals surface area contributed by atoms with Crippen LogP contribution in [0.15, 0.2) is 34.2 Å². The smallest absolute Gasteiger partial charge is 0.295 e. The maximum atomic E-state index is 13.8. The molecule has 12 nitrogen and oxygen atoms in total. The van der Waals surface area contributed by atoms with Crippen molar-refractivity contribution in [2.45, 2.75) is 69.9 Å². The van der Waals surface area contributed by atoms with E-state index in [0.29, 0.717) is 40.2 Å². The first-order chi connectivity index (χ1) is 19.2. The molecule has 6 rings (SSSR count). The van der Waals surface area contributed by atoms with Crippen LogP contribution in [0.5, 0.6) is 0 Å². The van der Waals surface area contributed by atoms with E-state index in [2.05, 4.69) is 30.2 Å². The first kappa shape index (κ1) is 26.2. The summed E-state index contributed by atoms with van der Waals surface area (Å²) in [5, 5.41) is 3.10. The van der Waals surface area contributed by atoms with Crippen LogP contribution in [0, 0.1) is 12.8 Å². The molecule has 0 aromatic carbocycles. The molecule has 2 fully saturated rings. The number of fused-ring (bicyclic) bond motifs is 1. The first-order valence-corrected chi connectivity index (χ1v) is 15.2. The second kappa shape index (κ2) is 9.88. The SMILES string of the molecule is CCS(=O)(=O)c1ccc(CNc2nc3cnc(-c4c(C)nc(N)nc4C4CC4)nc3n([C@@H](C)C3CC3)c2=O)nc1. The number of nitrogens with two attached hydrogens (primary N) is 1. The van der Waals surface area contributed by atoms with Gasteiger partial charge in [0.1, 0.15) is 5.52 Å². The van der Waals surface area contributed by atoms with Crippen LogP contribution in [0.4, 0.5) is 11.8 Å². The third kappa shape index (κ3) is 4.89. The molecule has 0 bridgehead atoms. The molecule has 4 heterocycles.